The molecule has 0 aromatic carbocycles. The Bertz CT molecular complexity index is 411. The zero-order valence-electron chi connectivity index (χ0n) is 10.5. The van der Waals surface area contributed by atoms with E-state index in [0.717, 1.165) is 41.5 Å². The molecule has 1 heterocycles. The van der Waals surface area contributed by atoms with Crippen LogP contribution in [0.3, 0.4) is 0 Å². The Morgan fingerprint density at radius 1 is 1.29 bits per heavy atom. The van der Waals surface area contributed by atoms with Gasteiger partial charge < -0.3 is 10.4 Å². The average Bonchev–Trinajstić information content (AvgIpc) is 2.70. The van der Waals surface area contributed by atoms with E-state index in [1.807, 2.05) is 20.1 Å². The van der Waals surface area contributed by atoms with Crippen LogP contribution >= 0.6 is 11.8 Å². The number of anilines is 1. The molecule has 2 atom stereocenters. The van der Waals surface area contributed by atoms with Gasteiger partial charge >= 0.3 is 0 Å². The number of aliphatic hydroxyl groups is 1. The quantitative estimate of drug-likeness (QED) is 0.638. The largest absolute Gasteiger partial charge is 0.393 e. The molecule has 2 rings (SSSR count). The van der Waals surface area contributed by atoms with Gasteiger partial charge in [-0.25, -0.2) is 9.97 Å². The minimum Gasteiger partial charge on any atom is -0.393 e. The molecule has 0 saturated heterocycles. The number of nitrogens with zero attached hydrogens (tertiary/aromatic N) is 2. The Morgan fingerprint density at radius 3 is 2.65 bits per heavy atom. The summed E-state index contributed by atoms with van der Waals surface area (Å²) in [5, 5.41) is 13.8. The van der Waals surface area contributed by atoms with E-state index in [-0.39, 0.29) is 6.10 Å². The van der Waals surface area contributed by atoms with E-state index in [2.05, 4.69) is 15.3 Å². The molecule has 1 aromatic heterocycles. The van der Waals surface area contributed by atoms with Crippen molar-refractivity contribution in [2.45, 2.75) is 50.4 Å². The van der Waals surface area contributed by atoms with Gasteiger partial charge in [0.05, 0.1) is 6.10 Å². The van der Waals surface area contributed by atoms with E-state index in [0.29, 0.717) is 6.04 Å². The van der Waals surface area contributed by atoms with Gasteiger partial charge in [0.2, 0.25) is 0 Å². The number of aromatic nitrogens is 2. The Labute approximate surface area is 106 Å². The highest BCUT2D eigenvalue weighted by Crippen LogP contribution is 2.25. The smallest absolute Gasteiger partial charge is 0.189 e. The number of aliphatic hydroxyl groups excluding tert-OH is 1. The molecular formula is C12H19N3OS. The maximum atomic E-state index is 9.53. The fraction of sp³-hybridized carbons (Fsp3) is 0.667. The third-order valence-corrected chi connectivity index (χ3v) is 3.84. The van der Waals surface area contributed by atoms with Crippen molar-refractivity contribution in [1.29, 1.82) is 0 Å². The van der Waals surface area contributed by atoms with Gasteiger partial charge in [-0.05, 0) is 39.4 Å². The van der Waals surface area contributed by atoms with Gasteiger partial charge in [0.25, 0.3) is 0 Å². The van der Waals surface area contributed by atoms with Crippen molar-refractivity contribution in [2.24, 2.45) is 0 Å². The minimum atomic E-state index is -0.157. The maximum absolute atomic E-state index is 9.53. The van der Waals surface area contributed by atoms with Crippen molar-refractivity contribution in [1.82, 2.24) is 9.97 Å². The fourth-order valence-electron chi connectivity index (χ4n) is 2.12. The van der Waals surface area contributed by atoms with E-state index in [1.165, 1.54) is 0 Å². The van der Waals surface area contributed by atoms with Crippen LogP contribution in [0, 0.1) is 13.8 Å². The lowest BCUT2D eigenvalue weighted by Gasteiger charge is -2.16. The monoisotopic (exact) mass is 253 g/mol. The lowest BCUT2D eigenvalue weighted by Crippen LogP contribution is -2.19. The molecule has 0 radical (unpaired) electrons. The van der Waals surface area contributed by atoms with Gasteiger partial charge in [-0.15, -0.1) is 0 Å². The molecule has 0 bridgehead atoms. The SMILES string of the molecule is CSc1nc(C)c(C)c(NC2CCC(O)C2)n1. The predicted octanol–water partition coefficient (Wildman–Crippen LogP) is 2.14. The van der Waals surface area contributed by atoms with Crippen LogP contribution in [0.25, 0.3) is 0 Å². The lowest BCUT2D eigenvalue weighted by molar-refractivity contribution is 0.182. The average molecular weight is 253 g/mol. The maximum Gasteiger partial charge on any atom is 0.189 e. The topological polar surface area (TPSA) is 58.0 Å². The summed E-state index contributed by atoms with van der Waals surface area (Å²) in [6.45, 7) is 4.04. The molecule has 4 nitrogen and oxygen atoms in total. The van der Waals surface area contributed by atoms with Crippen molar-refractivity contribution in [3.8, 4) is 0 Å². The zero-order valence-corrected chi connectivity index (χ0v) is 11.3. The number of rotatable bonds is 3. The highest BCUT2D eigenvalue weighted by Gasteiger charge is 2.23. The van der Waals surface area contributed by atoms with E-state index in [1.54, 1.807) is 11.8 Å². The van der Waals surface area contributed by atoms with Crippen molar-refractivity contribution in [3.05, 3.63) is 11.3 Å². The van der Waals surface area contributed by atoms with Crippen LogP contribution in [0.2, 0.25) is 0 Å². The van der Waals surface area contributed by atoms with Crippen LogP contribution in [-0.4, -0.2) is 33.5 Å². The summed E-state index contributed by atoms with van der Waals surface area (Å²) in [6.07, 6.45) is 4.54. The Balaban J connectivity index is 2.17. The van der Waals surface area contributed by atoms with Crippen LogP contribution in [0.4, 0.5) is 5.82 Å². The minimum absolute atomic E-state index is 0.157. The molecule has 1 fully saturated rings. The molecule has 1 aromatic rings. The molecule has 2 unspecified atom stereocenters. The Kier molecular flexibility index (Phi) is 3.89. The number of hydrogen-bond acceptors (Lipinski definition) is 5. The first kappa shape index (κ1) is 12.6. The molecule has 0 aliphatic heterocycles. The van der Waals surface area contributed by atoms with Gasteiger partial charge in [-0.3, -0.25) is 0 Å². The summed E-state index contributed by atoms with van der Waals surface area (Å²) in [6, 6.07) is 0.340. The summed E-state index contributed by atoms with van der Waals surface area (Å²) in [4.78, 5) is 8.90. The van der Waals surface area contributed by atoms with Crippen LogP contribution in [0.1, 0.15) is 30.5 Å². The number of nitrogens with one attached hydrogen (secondary N) is 1. The van der Waals surface area contributed by atoms with Crippen molar-refractivity contribution in [2.75, 3.05) is 11.6 Å². The van der Waals surface area contributed by atoms with E-state index < -0.39 is 0 Å². The third kappa shape index (κ3) is 2.90. The van der Waals surface area contributed by atoms with Crippen molar-refractivity contribution < 1.29 is 5.11 Å². The molecular weight excluding hydrogens is 234 g/mol. The Hall–Kier alpha value is -0.810. The van der Waals surface area contributed by atoms with Gasteiger partial charge in [0.15, 0.2) is 5.16 Å². The number of aryl methyl sites for hydroxylation is 1. The lowest BCUT2D eigenvalue weighted by atomic mass is 10.2. The first-order valence-electron chi connectivity index (χ1n) is 5.94. The zero-order chi connectivity index (χ0) is 12.4. The van der Waals surface area contributed by atoms with Gasteiger partial charge in [0.1, 0.15) is 5.82 Å². The second-order valence-corrected chi connectivity index (χ2v) is 5.35. The number of thioether (sulfide) groups is 1. The molecule has 0 amide bonds. The van der Waals surface area contributed by atoms with Crippen LogP contribution in [0.5, 0.6) is 0 Å². The highest BCUT2D eigenvalue weighted by molar-refractivity contribution is 7.98. The molecule has 2 N–H and O–H groups in total. The Morgan fingerprint density at radius 2 is 2.06 bits per heavy atom. The molecule has 1 aliphatic rings. The summed E-state index contributed by atoms with van der Waals surface area (Å²) in [7, 11) is 0. The van der Waals surface area contributed by atoms with E-state index >= 15 is 0 Å². The van der Waals surface area contributed by atoms with E-state index in [9.17, 15) is 5.11 Å². The second-order valence-electron chi connectivity index (χ2n) is 4.58. The second kappa shape index (κ2) is 5.23. The first-order valence-corrected chi connectivity index (χ1v) is 7.16. The third-order valence-electron chi connectivity index (χ3n) is 3.30. The van der Waals surface area contributed by atoms with Gasteiger partial charge in [0, 0.05) is 17.3 Å². The summed E-state index contributed by atoms with van der Waals surface area (Å²) in [5.74, 6) is 0.918. The summed E-state index contributed by atoms with van der Waals surface area (Å²) in [5.41, 5.74) is 2.12. The van der Waals surface area contributed by atoms with Gasteiger partial charge in [-0.2, -0.15) is 0 Å². The van der Waals surface area contributed by atoms with Crippen molar-refractivity contribution in [3.63, 3.8) is 0 Å². The van der Waals surface area contributed by atoms with Gasteiger partial charge in [-0.1, -0.05) is 11.8 Å². The first-order chi connectivity index (χ1) is 8.10. The van der Waals surface area contributed by atoms with Crippen LogP contribution in [0.15, 0.2) is 5.16 Å². The number of hydrogen-bond donors (Lipinski definition) is 2. The van der Waals surface area contributed by atoms with Crippen molar-refractivity contribution >= 4 is 17.6 Å². The van der Waals surface area contributed by atoms with Crippen LogP contribution in [-0.2, 0) is 0 Å². The fourth-order valence-corrected chi connectivity index (χ4v) is 2.53. The standard InChI is InChI=1S/C12H19N3OS/c1-7-8(2)13-12(17-3)15-11(7)14-9-4-5-10(16)6-9/h9-10,16H,4-6H2,1-3H3,(H,13,14,15). The van der Waals surface area contributed by atoms with E-state index in [4.69, 9.17) is 0 Å². The molecule has 0 spiro atoms. The highest BCUT2D eigenvalue weighted by atomic mass is 32.2. The normalized spacial score (nSPS) is 24.0. The molecule has 1 saturated carbocycles. The molecule has 1 aliphatic carbocycles. The molecule has 5 heteroatoms. The summed E-state index contributed by atoms with van der Waals surface area (Å²) >= 11 is 1.55. The predicted molar refractivity (Wildman–Crippen MR) is 70.6 cm³/mol. The molecule has 17 heavy (non-hydrogen) atoms. The van der Waals surface area contributed by atoms with Crippen LogP contribution < -0.4 is 5.32 Å². The summed E-state index contributed by atoms with van der Waals surface area (Å²) < 4.78 is 0. The molecule has 94 valence electrons.